The highest BCUT2D eigenvalue weighted by atomic mass is 16.7. The summed E-state index contributed by atoms with van der Waals surface area (Å²) in [5.74, 6) is -0.210. The molecule has 0 bridgehead atoms. The van der Waals surface area contributed by atoms with Crippen molar-refractivity contribution in [3.8, 4) is 11.4 Å². The van der Waals surface area contributed by atoms with Crippen LogP contribution in [-0.4, -0.2) is 118 Å². The third-order valence-electron chi connectivity index (χ3n) is 8.26. The molecule has 2 aromatic rings. The van der Waals surface area contributed by atoms with Crippen LogP contribution in [0.5, 0.6) is 0 Å². The topological polar surface area (TPSA) is 175 Å². The van der Waals surface area contributed by atoms with E-state index in [0.717, 1.165) is 12.8 Å². The average molecular weight is 611 g/mol. The van der Waals surface area contributed by atoms with Crippen LogP contribution in [-0.2, 0) is 14.3 Å². The lowest BCUT2D eigenvalue weighted by Crippen LogP contribution is -2.58. The maximum absolute atomic E-state index is 13.6. The summed E-state index contributed by atoms with van der Waals surface area (Å²) in [7, 11) is 0. The Bertz CT molecular complexity index is 1350. The summed E-state index contributed by atoms with van der Waals surface area (Å²) in [5, 5.41) is 22.1. The van der Waals surface area contributed by atoms with Crippen LogP contribution in [0.4, 0.5) is 15.4 Å². The number of hydrogen-bond acceptors (Lipinski definition) is 10. The van der Waals surface area contributed by atoms with Gasteiger partial charge >= 0.3 is 12.2 Å². The van der Waals surface area contributed by atoms with Gasteiger partial charge in [-0.15, -0.1) is 0 Å². The van der Waals surface area contributed by atoms with E-state index in [-0.39, 0.29) is 49.8 Å². The smallest absolute Gasteiger partial charge is 0.450 e. The van der Waals surface area contributed by atoms with Crippen LogP contribution in [0.2, 0.25) is 0 Å². The Hall–Kier alpha value is -4.46. The number of carbonyl (C=O) groups is 4. The van der Waals surface area contributed by atoms with Gasteiger partial charge in [0, 0.05) is 62.7 Å². The Kier molecular flexibility index (Phi) is 9.47. The van der Waals surface area contributed by atoms with Gasteiger partial charge < -0.3 is 39.7 Å². The van der Waals surface area contributed by atoms with Crippen molar-refractivity contribution >= 4 is 29.9 Å². The molecule has 1 saturated carbocycles. The van der Waals surface area contributed by atoms with E-state index in [1.54, 1.807) is 4.90 Å². The standard InChI is InChI=1S/C30H38N6O8/c1-3-4-14-43-29(40)35-12-10-34(11-13-35)28(39)24(18(2)37)33-27(38)22-15-23(32-26(31-22)19-8-6-5-7-9-19)36-16-20-21(17-36)25(20)44-30(41)42/h5-9,15,18,20-21,24-25,37H,3-4,10-14,16-17H2,1-2H3,(H,33,38)(H,41,42)/t18-,20-,21+,24+,25-/m1/s1. The number of nitrogens with zero attached hydrogens (tertiary/aromatic N) is 5. The summed E-state index contributed by atoms with van der Waals surface area (Å²) in [5.41, 5.74) is 0.708. The minimum atomic E-state index is -1.29. The summed E-state index contributed by atoms with van der Waals surface area (Å²) in [6, 6.07) is 9.45. The van der Waals surface area contributed by atoms with Crippen molar-refractivity contribution < 1.29 is 38.9 Å². The molecule has 0 radical (unpaired) electrons. The first-order valence-electron chi connectivity index (χ1n) is 14.9. The van der Waals surface area contributed by atoms with Crippen molar-refractivity contribution in [1.29, 1.82) is 0 Å². The quantitative estimate of drug-likeness (QED) is 0.264. The van der Waals surface area contributed by atoms with E-state index in [9.17, 15) is 24.3 Å². The van der Waals surface area contributed by atoms with Gasteiger partial charge in [0.25, 0.3) is 5.91 Å². The van der Waals surface area contributed by atoms with Crippen molar-refractivity contribution in [3.63, 3.8) is 0 Å². The molecule has 3 heterocycles. The number of anilines is 1. The number of benzene rings is 1. The summed E-state index contributed by atoms with van der Waals surface area (Å²) in [6.07, 6.45) is -1.56. The van der Waals surface area contributed by atoms with Crippen molar-refractivity contribution in [3.05, 3.63) is 42.1 Å². The Morgan fingerprint density at radius 1 is 1.02 bits per heavy atom. The van der Waals surface area contributed by atoms with Gasteiger partial charge in [0.05, 0.1) is 12.7 Å². The molecule has 2 aliphatic heterocycles. The van der Waals surface area contributed by atoms with E-state index in [1.165, 1.54) is 17.9 Å². The lowest BCUT2D eigenvalue weighted by Gasteiger charge is -2.36. The molecule has 3 aliphatic rings. The Morgan fingerprint density at radius 2 is 1.68 bits per heavy atom. The first kappa shape index (κ1) is 31.0. The highest BCUT2D eigenvalue weighted by molar-refractivity contribution is 5.97. The summed E-state index contributed by atoms with van der Waals surface area (Å²) < 4.78 is 10.2. The predicted molar refractivity (Wildman–Crippen MR) is 157 cm³/mol. The van der Waals surface area contributed by atoms with E-state index in [2.05, 4.69) is 15.3 Å². The number of unbranched alkanes of at least 4 members (excludes halogenated alkanes) is 1. The van der Waals surface area contributed by atoms with Gasteiger partial charge in [0.2, 0.25) is 5.91 Å². The minimum Gasteiger partial charge on any atom is -0.450 e. The van der Waals surface area contributed by atoms with Gasteiger partial charge in [-0.3, -0.25) is 9.59 Å². The molecule has 1 aromatic carbocycles. The van der Waals surface area contributed by atoms with Crippen molar-refractivity contribution in [2.45, 2.75) is 44.9 Å². The van der Waals surface area contributed by atoms with E-state index in [0.29, 0.717) is 36.9 Å². The van der Waals surface area contributed by atoms with E-state index in [4.69, 9.17) is 14.6 Å². The lowest BCUT2D eigenvalue weighted by molar-refractivity contribution is -0.137. The molecular weight excluding hydrogens is 572 g/mol. The molecule has 14 nitrogen and oxygen atoms in total. The molecule has 1 aliphatic carbocycles. The van der Waals surface area contributed by atoms with Crippen molar-refractivity contribution in [1.82, 2.24) is 25.1 Å². The second-order valence-corrected chi connectivity index (χ2v) is 11.4. The van der Waals surface area contributed by atoms with Gasteiger partial charge in [-0.05, 0) is 13.3 Å². The third kappa shape index (κ3) is 7.01. The van der Waals surface area contributed by atoms with Crippen LogP contribution in [0.3, 0.4) is 0 Å². The van der Waals surface area contributed by atoms with Gasteiger partial charge in [-0.1, -0.05) is 43.7 Å². The van der Waals surface area contributed by atoms with Crippen LogP contribution < -0.4 is 10.2 Å². The fourth-order valence-electron chi connectivity index (χ4n) is 5.68. The minimum absolute atomic E-state index is 0.0193. The van der Waals surface area contributed by atoms with Gasteiger partial charge in [-0.2, -0.15) is 0 Å². The number of piperidine rings is 1. The maximum Gasteiger partial charge on any atom is 0.506 e. The Labute approximate surface area is 255 Å². The first-order chi connectivity index (χ1) is 21.2. The SMILES string of the molecule is CCCCOC(=O)N1CCN(C(=O)[C@@H](NC(=O)c2cc(N3C[C@@H]4[C@H](C3)[C@@H]4OC(=O)O)nc(-c3ccccc3)n2)[C@@H](C)O)CC1. The Balaban J connectivity index is 1.28. The molecule has 44 heavy (non-hydrogen) atoms. The van der Waals surface area contributed by atoms with E-state index in [1.807, 2.05) is 42.2 Å². The Morgan fingerprint density at radius 3 is 2.30 bits per heavy atom. The molecule has 5 rings (SSSR count). The normalized spacial score (nSPS) is 22.1. The number of amides is 3. The molecule has 3 amide bonds. The predicted octanol–water partition coefficient (Wildman–Crippen LogP) is 1.83. The number of carboxylic acid groups (broad SMARTS) is 1. The molecule has 1 aromatic heterocycles. The number of carbonyl (C=O) groups excluding carboxylic acids is 3. The van der Waals surface area contributed by atoms with Gasteiger partial charge in [0.15, 0.2) is 5.82 Å². The number of nitrogens with one attached hydrogen (secondary N) is 1. The molecule has 0 spiro atoms. The zero-order valence-electron chi connectivity index (χ0n) is 24.8. The van der Waals surface area contributed by atoms with Crippen molar-refractivity contribution in [2.75, 3.05) is 50.8 Å². The number of hydrogen-bond donors (Lipinski definition) is 3. The first-order valence-corrected chi connectivity index (χ1v) is 14.9. The third-order valence-corrected chi connectivity index (χ3v) is 8.26. The summed E-state index contributed by atoms with van der Waals surface area (Å²) in [6.45, 7) is 5.85. The van der Waals surface area contributed by atoms with Gasteiger partial charge in [-0.25, -0.2) is 19.6 Å². The molecule has 3 N–H and O–H groups in total. The maximum atomic E-state index is 13.6. The highest BCUT2D eigenvalue weighted by Gasteiger charge is 2.59. The largest absolute Gasteiger partial charge is 0.506 e. The molecule has 2 saturated heterocycles. The number of aliphatic hydroxyl groups is 1. The monoisotopic (exact) mass is 610 g/mol. The zero-order valence-corrected chi connectivity index (χ0v) is 24.8. The molecule has 14 heteroatoms. The van der Waals surface area contributed by atoms with Gasteiger partial charge in [0.1, 0.15) is 23.7 Å². The second kappa shape index (κ2) is 13.5. The number of piperazine rings is 1. The number of ether oxygens (including phenoxy) is 2. The van der Waals surface area contributed by atoms with Crippen molar-refractivity contribution in [2.24, 2.45) is 11.8 Å². The van der Waals surface area contributed by atoms with Crippen LogP contribution in [0.25, 0.3) is 11.4 Å². The molecule has 0 unspecified atom stereocenters. The second-order valence-electron chi connectivity index (χ2n) is 11.4. The van der Waals surface area contributed by atoms with E-state index >= 15 is 0 Å². The lowest BCUT2D eigenvalue weighted by atomic mass is 10.1. The number of aliphatic hydroxyl groups excluding tert-OH is 1. The fourth-order valence-corrected chi connectivity index (χ4v) is 5.68. The van der Waals surface area contributed by atoms with Crippen LogP contribution in [0.1, 0.15) is 37.2 Å². The van der Waals surface area contributed by atoms with Crippen LogP contribution in [0, 0.1) is 11.8 Å². The fraction of sp³-hybridized carbons (Fsp3) is 0.533. The zero-order chi connectivity index (χ0) is 31.4. The summed E-state index contributed by atoms with van der Waals surface area (Å²) >= 11 is 0. The molecule has 236 valence electrons. The van der Waals surface area contributed by atoms with Crippen LogP contribution >= 0.6 is 0 Å². The highest BCUT2D eigenvalue weighted by Crippen LogP contribution is 2.48. The number of aromatic nitrogens is 2. The van der Waals surface area contributed by atoms with E-state index < -0.39 is 36.2 Å². The van der Waals surface area contributed by atoms with Crippen LogP contribution in [0.15, 0.2) is 36.4 Å². The molecular formula is C30H38N6O8. The molecule has 5 atom stereocenters. The summed E-state index contributed by atoms with van der Waals surface area (Å²) in [4.78, 5) is 64.4. The average Bonchev–Trinajstić information content (AvgIpc) is 3.43. The number of fused-ring (bicyclic) bond motifs is 1. The molecule has 3 fully saturated rings. The number of rotatable bonds is 10.